The van der Waals surface area contributed by atoms with Crippen molar-refractivity contribution < 1.29 is 9.90 Å². The maximum atomic E-state index is 10.8. The van der Waals surface area contributed by atoms with Gasteiger partial charge in [0.2, 0.25) is 0 Å². The second-order valence-electron chi connectivity index (χ2n) is 2.40. The first-order chi connectivity index (χ1) is 4.22. The van der Waals surface area contributed by atoms with Crippen LogP contribution in [-0.4, -0.2) is 17.0 Å². The zero-order valence-corrected chi connectivity index (χ0v) is 5.37. The van der Waals surface area contributed by atoms with Gasteiger partial charge in [0.1, 0.15) is 0 Å². The molecule has 1 aliphatic rings. The summed E-state index contributed by atoms with van der Waals surface area (Å²) in [6.45, 7) is 1.75. The molecule has 0 radical (unpaired) electrons. The molecule has 1 aliphatic carbocycles. The van der Waals surface area contributed by atoms with E-state index >= 15 is 0 Å². The van der Waals surface area contributed by atoms with Crippen molar-refractivity contribution >= 4 is 5.78 Å². The zero-order chi connectivity index (χ0) is 6.85. The van der Waals surface area contributed by atoms with Gasteiger partial charge in [0, 0.05) is 5.92 Å². The van der Waals surface area contributed by atoms with Crippen molar-refractivity contribution in [2.24, 2.45) is 5.92 Å². The van der Waals surface area contributed by atoms with Gasteiger partial charge in [0.15, 0.2) is 5.78 Å². The van der Waals surface area contributed by atoms with Gasteiger partial charge in [-0.15, -0.1) is 0 Å². The average molecular weight is 126 g/mol. The number of carbonyl (C=O) groups excluding carboxylic acids is 1. The van der Waals surface area contributed by atoms with Gasteiger partial charge in [0.25, 0.3) is 0 Å². The molecule has 2 heteroatoms. The molecule has 0 fully saturated rings. The highest BCUT2D eigenvalue weighted by molar-refractivity contribution is 5.92. The topological polar surface area (TPSA) is 37.3 Å². The summed E-state index contributed by atoms with van der Waals surface area (Å²) in [6, 6.07) is 0. The molecule has 1 N–H and O–H groups in total. The highest BCUT2D eigenvalue weighted by atomic mass is 16.3. The molecule has 2 atom stereocenters. The van der Waals surface area contributed by atoms with Gasteiger partial charge < -0.3 is 5.11 Å². The molecule has 0 bridgehead atoms. The van der Waals surface area contributed by atoms with Crippen LogP contribution in [0.1, 0.15) is 13.3 Å². The normalized spacial score (nSPS) is 35.1. The summed E-state index contributed by atoms with van der Waals surface area (Å²) in [6.07, 6.45) is 3.42. The van der Waals surface area contributed by atoms with Crippen LogP contribution in [0.5, 0.6) is 0 Å². The van der Waals surface area contributed by atoms with Crippen LogP contribution in [0.2, 0.25) is 0 Å². The fourth-order valence-corrected chi connectivity index (χ4v) is 0.869. The maximum Gasteiger partial charge on any atom is 0.160 e. The van der Waals surface area contributed by atoms with Gasteiger partial charge in [-0.05, 0) is 12.5 Å². The third kappa shape index (κ3) is 1.19. The molecule has 0 amide bonds. The van der Waals surface area contributed by atoms with Crippen LogP contribution in [0.15, 0.2) is 12.2 Å². The minimum Gasteiger partial charge on any atom is -0.392 e. The highest BCUT2D eigenvalue weighted by Crippen LogP contribution is 2.14. The fourth-order valence-electron chi connectivity index (χ4n) is 0.869. The van der Waals surface area contributed by atoms with E-state index in [1.165, 1.54) is 6.08 Å². The lowest BCUT2D eigenvalue weighted by Gasteiger charge is -2.17. The van der Waals surface area contributed by atoms with Gasteiger partial charge in [-0.1, -0.05) is 13.0 Å². The Hall–Kier alpha value is -0.630. The number of carbonyl (C=O) groups is 1. The van der Waals surface area contributed by atoms with Gasteiger partial charge in [-0.3, -0.25) is 4.79 Å². The Bertz CT molecular complexity index is 149. The van der Waals surface area contributed by atoms with E-state index in [4.69, 9.17) is 5.11 Å². The zero-order valence-electron chi connectivity index (χ0n) is 5.37. The van der Waals surface area contributed by atoms with E-state index < -0.39 is 6.10 Å². The number of allylic oxidation sites excluding steroid dienone is 1. The number of ketones is 1. The van der Waals surface area contributed by atoms with Crippen molar-refractivity contribution in [2.75, 3.05) is 0 Å². The minimum absolute atomic E-state index is 0.0359. The van der Waals surface area contributed by atoms with Gasteiger partial charge in [-0.25, -0.2) is 0 Å². The van der Waals surface area contributed by atoms with E-state index in [-0.39, 0.29) is 11.7 Å². The van der Waals surface area contributed by atoms with Crippen molar-refractivity contribution in [3.8, 4) is 0 Å². The predicted octanol–water partition coefficient (Wildman–Crippen LogP) is 0.512. The van der Waals surface area contributed by atoms with E-state index in [1.54, 1.807) is 13.0 Å². The number of aliphatic hydroxyl groups excluding tert-OH is 1. The summed E-state index contributed by atoms with van der Waals surface area (Å²) in [4.78, 5) is 10.8. The SMILES string of the molecule is CC1C(=O)C=CCC1O. The van der Waals surface area contributed by atoms with Crippen molar-refractivity contribution in [1.29, 1.82) is 0 Å². The molecular weight excluding hydrogens is 116 g/mol. The fraction of sp³-hybridized carbons (Fsp3) is 0.571. The van der Waals surface area contributed by atoms with Gasteiger partial charge >= 0.3 is 0 Å². The smallest absolute Gasteiger partial charge is 0.160 e. The molecule has 1 rings (SSSR count). The molecule has 0 aliphatic heterocycles. The molecule has 0 heterocycles. The first kappa shape index (κ1) is 6.49. The van der Waals surface area contributed by atoms with E-state index in [2.05, 4.69) is 0 Å². The first-order valence-electron chi connectivity index (χ1n) is 3.10. The number of hydrogen-bond acceptors (Lipinski definition) is 2. The van der Waals surface area contributed by atoms with E-state index in [9.17, 15) is 4.79 Å². The second kappa shape index (κ2) is 2.31. The monoisotopic (exact) mass is 126 g/mol. The third-order valence-electron chi connectivity index (χ3n) is 1.69. The Balaban J connectivity index is 2.69. The molecule has 0 saturated carbocycles. The van der Waals surface area contributed by atoms with Crippen molar-refractivity contribution in [2.45, 2.75) is 19.4 Å². The Morgan fingerprint density at radius 3 is 2.89 bits per heavy atom. The quantitative estimate of drug-likeness (QED) is 0.513. The molecule has 0 spiro atoms. The Labute approximate surface area is 54.2 Å². The van der Waals surface area contributed by atoms with Crippen LogP contribution >= 0.6 is 0 Å². The Kier molecular flexibility index (Phi) is 1.67. The summed E-state index contributed by atoms with van der Waals surface area (Å²) in [5, 5.41) is 9.08. The molecular formula is C7H10O2. The first-order valence-corrected chi connectivity index (χ1v) is 3.10. The predicted molar refractivity (Wildman–Crippen MR) is 33.9 cm³/mol. The van der Waals surface area contributed by atoms with Crippen molar-refractivity contribution in [1.82, 2.24) is 0 Å². The molecule has 0 aromatic heterocycles. The third-order valence-corrected chi connectivity index (χ3v) is 1.69. The molecule has 2 unspecified atom stereocenters. The summed E-state index contributed by atoms with van der Waals surface area (Å²) < 4.78 is 0. The molecule has 9 heavy (non-hydrogen) atoms. The van der Waals surface area contributed by atoms with Crippen LogP contribution in [-0.2, 0) is 4.79 Å². The molecule has 2 nitrogen and oxygen atoms in total. The van der Waals surface area contributed by atoms with Crippen LogP contribution in [0.4, 0.5) is 0 Å². The van der Waals surface area contributed by atoms with Gasteiger partial charge in [0.05, 0.1) is 6.10 Å². The summed E-state index contributed by atoms with van der Waals surface area (Å²) in [5.74, 6) is -0.163. The standard InChI is InChI=1S/C7H10O2/c1-5-6(8)3-2-4-7(5)9/h2-3,5,7,9H,4H2,1H3. The Morgan fingerprint density at radius 1 is 1.78 bits per heavy atom. The van der Waals surface area contributed by atoms with Gasteiger partial charge in [-0.2, -0.15) is 0 Å². The second-order valence-corrected chi connectivity index (χ2v) is 2.40. The lowest BCUT2D eigenvalue weighted by Crippen LogP contribution is -2.26. The molecule has 0 saturated heterocycles. The van der Waals surface area contributed by atoms with E-state index in [0.717, 1.165) is 0 Å². The Morgan fingerprint density at radius 2 is 2.44 bits per heavy atom. The highest BCUT2D eigenvalue weighted by Gasteiger charge is 2.21. The summed E-state index contributed by atoms with van der Waals surface area (Å²) >= 11 is 0. The lowest BCUT2D eigenvalue weighted by molar-refractivity contribution is -0.121. The van der Waals surface area contributed by atoms with Crippen LogP contribution in [0.3, 0.4) is 0 Å². The van der Waals surface area contributed by atoms with Crippen LogP contribution < -0.4 is 0 Å². The van der Waals surface area contributed by atoms with Crippen molar-refractivity contribution in [3.63, 3.8) is 0 Å². The summed E-state index contributed by atoms with van der Waals surface area (Å²) in [7, 11) is 0. The minimum atomic E-state index is -0.456. The largest absolute Gasteiger partial charge is 0.392 e. The maximum absolute atomic E-state index is 10.8. The van der Waals surface area contributed by atoms with E-state index in [0.29, 0.717) is 6.42 Å². The lowest BCUT2D eigenvalue weighted by atomic mass is 9.92. The van der Waals surface area contributed by atoms with Crippen LogP contribution in [0.25, 0.3) is 0 Å². The van der Waals surface area contributed by atoms with Crippen molar-refractivity contribution in [3.05, 3.63) is 12.2 Å². The number of hydrogen-bond donors (Lipinski definition) is 1. The molecule has 0 aromatic carbocycles. The number of rotatable bonds is 0. The molecule has 0 aromatic rings. The van der Waals surface area contributed by atoms with Crippen LogP contribution in [0, 0.1) is 5.92 Å². The van der Waals surface area contributed by atoms with E-state index in [1.807, 2.05) is 0 Å². The number of aliphatic hydroxyl groups is 1. The molecule has 50 valence electrons. The average Bonchev–Trinajstić information content (AvgIpc) is 1.83. The summed E-state index contributed by atoms with van der Waals surface area (Å²) in [5.41, 5.74) is 0.